The molecule has 0 aliphatic carbocycles. The van der Waals surface area contributed by atoms with Crippen LogP contribution in [0.15, 0.2) is 70.6 Å². The van der Waals surface area contributed by atoms with Gasteiger partial charge < -0.3 is 19.7 Å². The van der Waals surface area contributed by atoms with Gasteiger partial charge in [-0.05, 0) is 54.8 Å². The van der Waals surface area contributed by atoms with E-state index < -0.39 is 59.4 Å². The second-order valence-electron chi connectivity index (χ2n) is 12.4. The maximum Gasteiger partial charge on any atom is 0.411 e. The van der Waals surface area contributed by atoms with Crippen LogP contribution in [0.2, 0.25) is 0 Å². The van der Waals surface area contributed by atoms with Crippen LogP contribution in [-0.4, -0.2) is 75.6 Å². The van der Waals surface area contributed by atoms with Gasteiger partial charge in [-0.1, -0.05) is 19.1 Å². The number of fused-ring (bicyclic) bond motifs is 2. The number of pyridine rings is 2. The molecule has 1 aliphatic heterocycles. The standard InChI is InChI=1S/C36H34F4N6O6/c1-4-13-52-34(49)26(43-32(47)30-20(2)15-22(17-25(30)37)45-12-14-51-19-29(45)36(38,39)40)16-21-7-8-27(31-23(21)6-5-10-42-31)46-33(48)24-9-11-41-18-28(24)44(3)35(46)50/h5-11,15,17-18,26,29H,4,12-14,16,19H2,1-3H3,(H,43,47)/t26-,29+/m0/s1. The Morgan fingerprint density at radius 2 is 1.90 bits per heavy atom. The lowest BCUT2D eigenvalue weighted by atomic mass is 9.99. The van der Waals surface area contributed by atoms with E-state index in [4.69, 9.17) is 9.47 Å². The maximum atomic E-state index is 15.6. The minimum Gasteiger partial charge on any atom is -0.464 e. The highest BCUT2D eigenvalue weighted by Gasteiger charge is 2.45. The second kappa shape index (κ2) is 14.5. The number of carbonyl (C=O) groups is 2. The van der Waals surface area contributed by atoms with Gasteiger partial charge >= 0.3 is 17.8 Å². The van der Waals surface area contributed by atoms with Crippen LogP contribution >= 0.6 is 0 Å². The number of halogens is 4. The summed E-state index contributed by atoms with van der Waals surface area (Å²) in [6.45, 7) is 2.47. The van der Waals surface area contributed by atoms with Crippen LogP contribution in [-0.2, 0) is 27.7 Å². The number of hydrogen-bond donors (Lipinski definition) is 1. The Bertz CT molecular complexity index is 2280. The van der Waals surface area contributed by atoms with Crippen molar-refractivity contribution in [3.8, 4) is 5.69 Å². The maximum absolute atomic E-state index is 15.6. The number of anilines is 1. The van der Waals surface area contributed by atoms with Crippen molar-refractivity contribution in [3.05, 3.63) is 104 Å². The zero-order valence-electron chi connectivity index (χ0n) is 28.4. The Labute approximate surface area is 293 Å². The lowest BCUT2D eigenvalue weighted by Gasteiger charge is -2.38. The number of aromatic nitrogens is 4. The van der Waals surface area contributed by atoms with Gasteiger partial charge in [0.15, 0.2) is 0 Å². The van der Waals surface area contributed by atoms with E-state index in [2.05, 4.69) is 15.3 Å². The largest absolute Gasteiger partial charge is 0.464 e. The Kier molecular flexibility index (Phi) is 10.1. The van der Waals surface area contributed by atoms with Gasteiger partial charge in [0.05, 0.1) is 53.7 Å². The van der Waals surface area contributed by atoms with E-state index in [0.29, 0.717) is 22.9 Å². The molecule has 3 aromatic heterocycles. The summed E-state index contributed by atoms with van der Waals surface area (Å²) >= 11 is 0. The fourth-order valence-electron chi connectivity index (χ4n) is 6.39. The first-order chi connectivity index (χ1) is 24.8. The lowest BCUT2D eigenvalue weighted by molar-refractivity contribution is -0.167. The highest BCUT2D eigenvalue weighted by molar-refractivity contribution is 5.99. The van der Waals surface area contributed by atoms with Gasteiger partial charge in [-0.2, -0.15) is 13.2 Å². The highest BCUT2D eigenvalue weighted by atomic mass is 19.4. The molecule has 0 radical (unpaired) electrons. The molecule has 6 rings (SSSR count). The molecule has 0 saturated carbocycles. The summed E-state index contributed by atoms with van der Waals surface area (Å²) < 4.78 is 69.5. The van der Waals surface area contributed by atoms with Crippen molar-refractivity contribution in [2.75, 3.05) is 31.3 Å². The van der Waals surface area contributed by atoms with Crippen LogP contribution in [0.5, 0.6) is 0 Å². The van der Waals surface area contributed by atoms with Crippen LogP contribution in [0.3, 0.4) is 0 Å². The first kappa shape index (κ1) is 36.2. The molecular weight excluding hydrogens is 688 g/mol. The van der Waals surface area contributed by atoms with E-state index in [9.17, 15) is 32.3 Å². The number of ether oxygens (including phenoxy) is 2. The van der Waals surface area contributed by atoms with E-state index >= 15 is 4.39 Å². The van der Waals surface area contributed by atoms with Crippen LogP contribution in [0, 0.1) is 12.7 Å². The smallest absolute Gasteiger partial charge is 0.411 e. The summed E-state index contributed by atoms with van der Waals surface area (Å²) in [5.41, 5.74) is -0.398. The Morgan fingerprint density at radius 1 is 1.12 bits per heavy atom. The van der Waals surface area contributed by atoms with E-state index in [1.54, 1.807) is 25.1 Å². The van der Waals surface area contributed by atoms with Crippen LogP contribution in [0.4, 0.5) is 23.2 Å². The highest BCUT2D eigenvalue weighted by Crippen LogP contribution is 2.33. The first-order valence-corrected chi connectivity index (χ1v) is 16.4. The van der Waals surface area contributed by atoms with Crippen LogP contribution < -0.4 is 21.5 Å². The number of benzene rings is 2. The minimum absolute atomic E-state index is 0.00951. The van der Waals surface area contributed by atoms with E-state index in [0.717, 1.165) is 15.5 Å². The Hall–Kier alpha value is -5.64. The molecule has 12 nitrogen and oxygen atoms in total. The second-order valence-corrected chi connectivity index (χ2v) is 12.4. The fourth-order valence-corrected chi connectivity index (χ4v) is 6.39. The monoisotopic (exact) mass is 722 g/mol. The topological polar surface area (TPSA) is 138 Å². The number of morpholine rings is 1. The summed E-state index contributed by atoms with van der Waals surface area (Å²) in [5, 5.41) is 3.28. The number of nitrogens with one attached hydrogen (secondary N) is 1. The molecule has 1 aliphatic rings. The fraction of sp³-hybridized carbons (Fsp3) is 0.333. The van der Waals surface area contributed by atoms with E-state index in [1.807, 2.05) is 0 Å². The molecule has 1 amide bonds. The number of amides is 1. The van der Waals surface area contributed by atoms with Crippen molar-refractivity contribution in [3.63, 3.8) is 0 Å². The van der Waals surface area contributed by atoms with Crippen LogP contribution in [0.1, 0.15) is 34.8 Å². The van der Waals surface area contributed by atoms with E-state index in [-0.39, 0.29) is 54.0 Å². The summed E-state index contributed by atoms with van der Waals surface area (Å²) in [4.78, 5) is 63.5. The number of nitrogens with zero attached hydrogens (tertiary/aromatic N) is 5. The molecule has 2 atom stereocenters. The van der Waals surface area contributed by atoms with Crippen molar-refractivity contribution < 1.29 is 36.6 Å². The van der Waals surface area contributed by atoms with E-state index in [1.165, 1.54) is 55.3 Å². The number of hydrogen-bond acceptors (Lipinski definition) is 9. The molecule has 52 heavy (non-hydrogen) atoms. The van der Waals surface area contributed by atoms with Crippen LogP contribution in [0.25, 0.3) is 27.5 Å². The van der Waals surface area contributed by atoms with Gasteiger partial charge in [-0.3, -0.25) is 24.1 Å². The molecule has 4 heterocycles. The third-order valence-electron chi connectivity index (χ3n) is 8.95. The number of esters is 1. The quantitative estimate of drug-likeness (QED) is 0.176. The predicted octanol–water partition coefficient (Wildman–Crippen LogP) is 4.14. The van der Waals surface area contributed by atoms with Crippen molar-refractivity contribution >= 4 is 39.4 Å². The predicted molar refractivity (Wildman–Crippen MR) is 183 cm³/mol. The molecule has 1 N–H and O–H groups in total. The first-order valence-electron chi connectivity index (χ1n) is 16.4. The molecule has 1 saturated heterocycles. The van der Waals surface area contributed by atoms with Gasteiger partial charge in [0, 0.05) is 43.5 Å². The Morgan fingerprint density at radius 3 is 2.63 bits per heavy atom. The zero-order valence-corrected chi connectivity index (χ0v) is 28.4. The molecule has 0 bridgehead atoms. The SMILES string of the molecule is CCCOC(=O)[C@H](Cc1ccc(-n2c(=O)c3ccncc3n(C)c2=O)c2ncccc12)NC(=O)c1c(C)cc(N2CCOC[C@@H]2C(F)(F)F)cc1F. The van der Waals surface area contributed by atoms with Gasteiger partial charge in [0.2, 0.25) is 0 Å². The zero-order chi connectivity index (χ0) is 37.3. The molecule has 1 fully saturated rings. The Balaban J connectivity index is 1.35. The molecule has 0 unspecified atom stereocenters. The van der Waals surface area contributed by atoms with Gasteiger partial charge in [-0.25, -0.2) is 18.5 Å². The summed E-state index contributed by atoms with van der Waals surface area (Å²) in [7, 11) is 1.52. The molecule has 2 aromatic carbocycles. The van der Waals surface area contributed by atoms with Gasteiger partial charge in [0.1, 0.15) is 17.9 Å². The number of rotatable bonds is 9. The normalized spacial score (nSPS) is 15.5. The average molecular weight is 723 g/mol. The molecule has 16 heteroatoms. The van der Waals surface area contributed by atoms with Gasteiger partial charge in [0.25, 0.3) is 11.5 Å². The molecule has 272 valence electrons. The third kappa shape index (κ3) is 6.85. The number of aryl methyl sites for hydroxylation is 2. The summed E-state index contributed by atoms with van der Waals surface area (Å²) in [6.07, 6.45) is 0.0290. The summed E-state index contributed by atoms with van der Waals surface area (Å²) in [5.74, 6) is -2.85. The van der Waals surface area contributed by atoms with Crippen molar-refractivity contribution in [1.82, 2.24) is 24.4 Å². The van der Waals surface area contributed by atoms with Crippen molar-refractivity contribution in [1.29, 1.82) is 0 Å². The summed E-state index contributed by atoms with van der Waals surface area (Å²) in [6, 6.07) is 6.74. The molecular formula is C36H34F4N6O6. The molecule has 0 spiro atoms. The van der Waals surface area contributed by atoms with Crippen molar-refractivity contribution in [2.45, 2.75) is 44.9 Å². The third-order valence-corrected chi connectivity index (χ3v) is 8.95. The minimum atomic E-state index is -4.64. The molecule has 5 aromatic rings. The van der Waals surface area contributed by atoms with Crippen molar-refractivity contribution in [2.24, 2.45) is 7.05 Å². The average Bonchev–Trinajstić information content (AvgIpc) is 3.12. The van der Waals surface area contributed by atoms with Gasteiger partial charge in [-0.15, -0.1) is 0 Å². The number of carbonyl (C=O) groups excluding carboxylic acids is 2. The number of alkyl halides is 3. The lowest BCUT2D eigenvalue weighted by Crippen LogP contribution is -2.53.